The second-order valence-electron chi connectivity index (χ2n) is 7.61. The van der Waals surface area contributed by atoms with E-state index >= 15 is 0 Å². The first-order valence-electron chi connectivity index (χ1n) is 10.3. The number of thiophene rings is 1. The number of amides is 2. The molecular formula is C24H21N3O2S3. The van der Waals surface area contributed by atoms with Crippen LogP contribution in [0.15, 0.2) is 58.3 Å². The summed E-state index contributed by atoms with van der Waals surface area (Å²) in [6, 6.07) is 15.6. The van der Waals surface area contributed by atoms with Crippen LogP contribution in [0.1, 0.15) is 26.4 Å². The van der Waals surface area contributed by atoms with Crippen LogP contribution in [0.5, 0.6) is 0 Å². The number of benzene rings is 2. The van der Waals surface area contributed by atoms with Crippen molar-refractivity contribution in [1.29, 1.82) is 0 Å². The summed E-state index contributed by atoms with van der Waals surface area (Å²) in [5, 5.41) is 5.06. The zero-order valence-corrected chi connectivity index (χ0v) is 19.9. The highest BCUT2D eigenvalue weighted by molar-refractivity contribution is 8.01. The van der Waals surface area contributed by atoms with Crippen molar-refractivity contribution in [1.82, 2.24) is 9.88 Å². The molecule has 8 heteroatoms. The summed E-state index contributed by atoms with van der Waals surface area (Å²) < 4.78 is 1.99. The van der Waals surface area contributed by atoms with Crippen molar-refractivity contribution in [3.05, 3.63) is 75.5 Å². The maximum atomic E-state index is 13.2. The molecule has 1 N–H and O–H groups in total. The Morgan fingerprint density at radius 3 is 2.91 bits per heavy atom. The molecule has 32 heavy (non-hydrogen) atoms. The lowest BCUT2D eigenvalue weighted by Gasteiger charge is -2.28. The molecule has 0 radical (unpaired) electrons. The van der Waals surface area contributed by atoms with Crippen molar-refractivity contribution in [3.8, 4) is 0 Å². The highest BCUT2D eigenvalue weighted by Gasteiger charge is 2.24. The molecule has 0 unspecified atom stereocenters. The van der Waals surface area contributed by atoms with Crippen LogP contribution in [0.2, 0.25) is 0 Å². The van der Waals surface area contributed by atoms with Crippen molar-refractivity contribution in [3.63, 3.8) is 0 Å². The normalized spacial score (nSPS) is 13.2. The Morgan fingerprint density at radius 1 is 1.16 bits per heavy atom. The minimum absolute atomic E-state index is 0.0132. The number of hydrogen-bond donors (Lipinski definition) is 1. The first-order chi connectivity index (χ1) is 15.6. The van der Waals surface area contributed by atoms with Gasteiger partial charge in [0.05, 0.1) is 16.0 Å². The SMILES string of the molecule is Cc1c(NC(=O)CSc2nc3ccccc3s2)cccc1C(=O)N1CCc2sccc2C1. The molecule has 3 heterocycles. The van der Waals surface area contributed by atoms with Crippen molar-refractivity contribution in [2.45, 2.75) is 24.2 Å². The minimum Gasteiger partial charge on any atom is -0.334 e. The molecule has 162 valence electrons. The second kappa shape index (κ2) is 9.05. The summed E-state index contributed by atoms with van der Waals surface area (Å²) >= 11 is 4.78. The monoisotopic (exact) mass is 479 g/mol. The van der Waals surface area contributed by atoms with E-state index in [0.29, 0.717) is 17.8 Å². The Bertz CT molecular complexity index is 1280. The highest BCUT2D eigenvalue weighted by atomic mass is 32.2. The number of thiazole rings is 1. The smallest absolute Gasteiger partial charge is 0.254 e. The number of aromatic nitrogens is 1. The van der Waals surface area contributed by atoms with Crippen LogP contribution in [0.3, 0.4) is 0 Å². The molecule has 5 nitrogen and oxygen atoms in total. The number of para-hydroxylation sites is 1. The molecule has 2 aromatic heterocycles. The van der Waals surface area contributed by atoms with Gasteiger partial charge in [0, 0.05) is 29.2 Å². The van der Waals surface area contributed by atoms with Gasteiger partial charge in [-0.05, 0) is 60.2 Å². The van der Waals surface area contributed by atoms with Gasteiger partial charge in [-0.25, -0.2) is 4.98 Å². The molecule has 0 spiro atoms. The molecular weight excluding hydrogens is 458 g/mol. The van der Waals surface area contributed by atoms with E-state index in [1.54, 1.807) is 22.7 Å². The fourth-order valence-electron chi connectivity index (χ4n) is 3.82. The van der Waals surface area contributed by atoms with Crippen LogP contribution in [-0.4, -0.2) is 34.0 Å². The fourth-order valence-corrected chi connectivity index (χ4v) is 6.58. The van der Waals surface area contributed by atoms with Crippen molar-refractivity contribution >= 4 is 62.2 Å². The molecule has 0 saturated carbocycles. The molecule has 2 aromatic carbocycles. The first-order valence-corrected chi connectivity index (χ1v) is 13.0. The number of hydrogen-bond acceptors (Lipinski definition) is 6. The van der Waals surface area contributed by atoms with Crippen LogP contribution in [0, 0.1) is 6.92 Å². The Labute approximate surface area is 198 Å². The third kappa shape index (κ3) is 4.30. The van der Waals surface area contributed by atoms with Gasteiger partial charge in [-0.15, -0.1) is 22.7 Å². The first kappa shape index (κ1) is 21.2. The van der Waals surface area contributed by atoms with E-state index in [1.165, 1.54) is 22.2 Å². The molecule has 5 rings (SSSR count). The Morgan fingerprint density at radius 2 is 2.03 bits per heavy atom. The van der Waals surface area contributed by atoms with Crippen LogP contribution in [0.25, 0.3) is 10.2 Å². The van der Waals surface area contributed by atoms with Crippen LogP contribution in [-0.2, 0) is 17.8 Å². The second-order valence-corrected chi connectivity index (χ2v) is 10.9. The summed E-state index contributed by atoms with van der Waals surface area (Å²) in [7, 11) is 0. The molecule has 0 fully saturated rings. The van der Waals surface area contributed by atoms with Gasteiger partial charge in [-0.2, -0.15) is 0 Å². The van der Waals surface area contributed by atoms with Crippen molar-refractivity contribution in [2.24, 2.45) is 0 Å². The molecule has 0 atom stereocenters. The Kier molecular flexibility index (Phi) is 5.99. The van der Waals surface area contributed by atoms with Gasteiger partial charge in [0.2, 0.25) is 5.91 Å². The third-order valence-corrected chi connectivity index (χ3v) is 8.74. The largest absolute Gasteiger partial charge is 0.334 e. The number of fused-ring (bicyclic) bond motifs is 2. The fraction of sp³-hybridized carbons (Fsp3) is 0.208. The van der Waals surface area contributed by atoms with Gasteiger partial charge in [0.15, 0.2) is 4.34 Å². The predicted octanol–water partition coefficient (Wildman–Crippen LogP) is 5.60. The van der Waals surface area contributed by atoms with E-state index in [4.69, 9.17) is 0 Å². The standard InChI is InChI=1S/C24H21N3O2S3/c1-15-17(23(29)27-11-9-20-16(13-27)10-12-30-20)5-4-7-18(15)25-22(28)14-31-24-26-19-6-2-3-8-21(19)32-24/h2-8,10,12H,9,11,13-14H2,1H3,(H,25,28). The Hall–Kier alpha value is -2.68. The summed E-state index contributed by atoms with van der Waals surface area (Å²) in [6.45, 7) is 3.26. The van der Waals surface area contributed by atoms with E-state index in [-0.39, 0.29) is 17.6 Å². The maximum Gasteiger partial charge on any atom is 0.254 e. The predicted molar refractivity (Wildman–Crippen MR) is 133 cm³/mol. The lowest BCUT2D eigenvalue weighted by molar-refractivity contribution is -0.113. The molecule has 0 aliphatic carbocycles. The molecule has 0 bridgehead atoms. The Balaban J connectivity index is 1.25. The highest BCUT2D eigenvalue weighted by Crippen LogP contribution is 2.30. The minimum atomic E-state index is -0.108. The average molecular weight is 480 g/mol. The number of rotatable bonds is 5. The van der Waals surface area contributed by atoms with Gasteiger partial charge >= 0.3 is 0 Å². The lowest BCUT2D eigenvalue weighted by Crippen LogP contribution is -2.35. The number of carbonyl (C=O) groups excluding carboxylic acids is 2. The van der Waals surface area contributed by atoms with Crippen LogP contribution >= 0.6 is 34.4 Å². The molecule has 1 aliphatic heterocycles. The topological polar surface area (TPSA) is 62.3 Å². The van der Waals surface area contributed by atoms with E-state index in [2.05, 4.69) is 21.7 Å². The maximum absolute atomic E-state index is 13.2. The summed E-state index contributed by atoms with van der Waals surface area (Å²) in [5.74, 6) is 0.173. The zero-order chi connectivity index (χ0) is 22.1. The quantitative estimate of drug-likeness (QED) is 0.379. The average Bonchev–Trinajstić information content (AvgIpc) is 3.44. The van der Waals surface area contributed by atoms with Crippen molar-refractivity contribution in [2.75, 3.05) is 17.6 Å². The van der Waals surface area contributed by atoms with E-state index in [0.717, 1.165) is 33.1 Å². The zero-order valence-electron chi connectivity index (χ0n) is 17.5. The summed E-state index contributed by atoms with van der Waals surface area (Å²) in [5.41, 5.74) is 4.31. The molecule has 1 aliphatic rings. The van der Waals surface area contributed by atoms with Crippen molar-refractivity contribution < 1.29 is 9.59 Å². The number of anilines is 1. The van der Waals surface area contributed by atoms with E-state index < -0.39 is 0 Å². The number of nitrogens with zero attached hydrogens (tertiary/aromatic N) is 2. The molecule has 4 aromatic rings. The van der Waals surface area contributed by atoms with Gasteiger partial charge in [-0.3, -0.25) is 9.59 Å². The summed E-state index contributed by atoms with van der Waals surface area (Å²) in [4.78, 5) is 33.6. The van der Waals surface area contributed by atoms with Crippen LogP contribution in [0.4, 0.5) is 5.69 Å². The third-order valence-electron chi connectivity index (χ3n) is 5.53. The van der Waals surface area contributed by atoms with Gasteiger partial charge in [0.1, 0.15) is 0 Å². The van der Waals surface area contributed by atoms with Gasteiger partial charge in [0.25, 0.3) is 5.91 Å². The van der Waals surface area contributed by atoms with Crippen LogP contribution < -0.4 is 5.32 Å². The van der Waals surface area contributed by atoms with Gasteiger partial charge in [-0.1, -0.05) is 30.0 Å². The van der Waals surface area contributed by atoms with Gasteiger partial charge < -0.3 is 10.2 Å². The molecule has 0 saturated heterocycles. The number of carbonyl (C=O) groups is 2. The number of nitrogens with one attached hydrogen (secondary N) is 1. The summed E-state index contributed by atoms with van der Waals surface area (Å²) in [6.07, 6.45) is 0.900. The lowest BCUT2D eigenvalue weighted by atomic mass is 10.0. The molecule has 2 amide bonds. The van der Waals surface area contributed by atoms with E-state index in [9.17, 15) is 9.59 Å². The van der Waals surface area contributed by atoms with E-state index in [1.807, 2.05) is 54.3 Å². The number of thioether (sulfide) groups is 1.